The third-order valence-corrected chi connectivity index (χ3v) is 4.43. The summed E-state index contributed by atoms with van der Waals surface area (Å²) in [5, 5.41) is 3.81. The van der Waals surface area contributed by atoms with Crippen molar-refractivity contribution in [3.63, 3.8) is 0 Å². The van der Waals surface area contributed by atoms with E-state index in [1.807, 2.05) is 6.92 Å². The van der Waals surface area contributed by atoms with E-state index in [0.717, 1.165) is 25.4 Å². The Morgan fingerprint density at radius 3 is 1.73 bits per heavy atom. The van der Waals surface area contributed by atoms with Crippen LogP contribution < -0.4 is 16.8 Å². The van der Waals surface area contributed by atoms with Gasteiger partial charge in [-0.2, -0.15) is 0 Å². The fourth-order valence-corrected chi connectivity index (χ4v) is 3.34. The maximum absolute atomic E-state index is 5.23. The summed E-state index contributed by atoms with van der Waals surface area (Å²) in [6.45, 7) is 5.73. The van der Waals surface area contributed by atoms with E-state index in [9.17, 15) is 0 Å². The van der Waals surface area contributed by atoms with Gasteiger partial charge in [-0.1, -0.05) is 32.6 Å². The van der Waals surface area contributed by atoms with E-state index in [-0.39, 0.29) is 39.9 Å². The number of nitrogens with two attached hydrogens (primary N) is 2. The van der Waals surface area contributed by atoms with Crippen LogP contribution in [-0.2, 0) is 9.47 Å². The predicted octanol–water partition coefficient (Wildman–Crippen LogP) is 3.13. The number of hydrogen-bond donors (Lipinski definition) is 3. The maximum atomic E-state index is 5.23. The van der Waals surface area contributed by atoms with Gasteiger partial charge in [0.2, 0.25) is 0 Å². The van der Waals surface area contributed by atoms with E-state index in [1.54, 1.807) is 0 Å². The molecule has 0 aromatic heterocycles. The molecule has 0 unspecified atom stereocenters. The van der Waals surface area contributed by atoms with Gasteiger partial charge in [-0.25, -0.2) is 0 Å². The van der Waals surface area contributed by atoms with Crippen molar-refractivity contribution in [3.8, 4) is 0 Å². The molecule has 150 valence electrons. The Morgan fingerprint density at radius 1 is 0.885 bits per heavy atom. The topological polar surface area (TPSA) is 82.5 Å². The van der Waals surface area contributed by atoms with Gasteiger partial charge in [0.05, 0.1) is 6.61 Å². The summed E-state index contributed by atoms with van der Waals surface area (Å²) in [7, 11) is 0. The number of thiocarbonyl (C=S) groups is 2. The van der Waals surface area contributed by atoms with Gasteiger partial charge in [0.1, 0.15) is 6.10 Å². The third-order valence-electron chi connectivity index (χ3n) is 4.22. The summed E-state index contributed by atoms with van der Waals surface area (Å²) in [6, 6.07) is 0.851. The summed E-state index contributed by atoms with van der Waals surface area (Å²) in [4.78, 5) is 0. The molecule has 0 aromatic carbocycles. The normalized spacial score (nSPS) is 17.3. The van der Waals surface area contributed by atoms with Crippen molar-refractivity contribution in [1.29, 1.82) is 0 Å². The van der Waals surface area contributed by atoms with Gasteiger partial charge in [-0.3, -0.25) is 0 Å². The molecule has 0 spiro atoms. The fourth-order valence-electron chi connectivity index (χ4n) is 3.08. The first-order valence-corrected chi connectivity index (χ1v) is 10.4. The molecule has 0 atom stereocenters. The van der Waals surface area contributed by atoms with Gasteiger partial charge in [0.25, 0.3) is 10.3 Å². The Morgan fingerprint density at radius 2 is 1.38 bits per heavy atom. The molecule has 2 aliphatic carbocycles. The molecule has 2 rings (SSSR count). The molecule has 0 amide bonds. The molecule has 0 heterocycles. The minimum absolute atomic E-state index is 0. The zero-order valence-electron chi connectivity index (χ0n) is 15.9. The van der Waals surface area contributed by atoms with E-state index < -0.39 is 0 Å². The van der Waals surface area contributed by atoms with Crippen molar-refractivity contribution in [3.05, 3.63) is 0 Å². The van der Waals surface area contributed by atoms with E-state index in [2.05, 4.69) is 41.4 Å². The first kappa shape index (κ1) is 28.5. The van der Waals surface area contributed by atoms with Crippen molar-refractivity contribution in [1.82, 2.24) is 5.32 Å². The van der Waals surface area contributed by atoms with Crippen molar-refractivity contribution >= 4 is 64.3 Å². The number of nitrogens with one attached hydrogen (secondary N) is 1. The molecule has 5 nitrogen and oxygen atoms in total. The Hall–Kier alpha value is 0.340. The van der Waals surface area contributed by atoms with Crippen molar-refractivity contribution in [2.75, 3.05) is 13.2 Å². The molecule has 0 aliphatic heterocycles. The van der Waals surface area contributed by atoms with Crippen LogP contribution in [0.5, 0.6) is 0 Å². The average Bonchev–Trinajstić information content (AvgIpc) is 2.57. The minimum atomic E-state index is 0. The van der Waals surface area contributed by atoms with Crippen LogP contribution in [0.2, 0.25) is 0 Å². The van der Waals surface area contributed by atoms with Gasteiger partial charge < -0.3 is 26.3 Å². The second-order valence-corrected chi connectivity index (χ2v) is 7.15. The zero-order chi connectivity index (χ0) is 18.9. The zero-order valence-corrected chi connectivity index (χ0v) is 17.6. The summed E-state index contributed by atoms with van der Waals surface area (Å²) in [5.74, 6) is 0. The van der Waals surface area contributed by atoms with Crippen molar-refractivity contribution in [2.45, 2.75) is 90.2 Å². The van der Waals surface area contributed by atoms with Gasteiger partial charge in [-0.15, -0.1) is 0 Å². The Labute approximate surface area is 193 Å². The SMILES string of the molecule is CCNC1CCCCC1.CCOC(N)=S.NC(=S)OC1CCCCC1.[NaH]. The Kier molecular flexibility index (Phi) is 22.1. The van der Waals surface area contributed by atoms with Crippen LogP contribution in [0, 0.1) is 0 Å². The molecule has 26 heavy (non-hydrogen) atoms. The summed E-state index contributed by atoms with van der Waals surface area (Å²) in [5.41, 5.74) is 10.1. The molecule has 0 bridgehead atoms. The van der Waals surface area contributed by atoms with Crippen LogP contribution in [0.15, 0.2) is 0 Å². The van der Waals surface area contributed by atoms with Gasteiger partial charge in [0.15, 0.2) is 0 Å². The Balaban J connectivity index is 0. The average molecular weight is 416 g/mol. The quantitative estimate of drug-likeness (QED) is 0.481. The van der Waals surface area contributed by atoms with Crippen molar-refractivity contribution < 1.29 is 9.47 Å². The molecule has 5 N–H and O–H groups in total. The standard InChI is InChI=1S/C8H17N.C7H13NOS.C3H7NOS.Na.H/c1-2-9-8-6-4-3-5-7-8;8-7(10)9-6-4-2-1-3-5-6;1-2-5-3(4)6;;/h8-9H,2-7H2,1H3;6H,1-5H2,(H2,8,10);2H2,1H3,(H2,4,6);;. The van der Waals surface area contributed by atoms with Crippen LogP contribution in [0.1, 0.15) is 78.1 Å². The second-order valence-electron chi connectivity index (χ2n) is 6.34. The van der Waals surface area contributed by atoms with E-state index in [0.29, 0.717) is 12.7 Å². The molecule has 0 radical (unpaired) electrons. The second kappa shape index (κ2) is 20.1. The summed E-state index contributed by atoms with van der Waals surface area (Å²) >= 11 is 8.98. The molecule has 0 saturated heterocycles. The Bertz CT molecular complexity index is 349. The predicted molar refractivity (Wildman–Crippen MR) is 121 cm³/mol. The third kappa shape index (κ3) is 19.1. The first-order valence-electron chi connectivity index (χ1n) is 9.61. The molecular formula is C18H38N3NaO2S2. The van der Waals surface area contributed by atoms with Gasteiger partial charge >= 0.3 is 29.6 Å². The summed E-state index contributed by atoms with van der Waals surface area (Å²) < 4.78 is 9.75. The van der Waals surface area contributed by atoms with Crippen LogP contribution in [-0.4, -0.2) is 65.2 Å². The van der Waals surface area contributed by atoms with E-state index in [1.165, 1.54) is 51.4 Å². The molecule has 2 saturated carbocycles. The number of ether oxygens (including phenoxy) is 2. The molecule has 8 heteroatoms. The first-order chi connectivity index (χ1) is 12.0. The van der Waals surface area contributed by atoms with E-state index in [4.69, 9.17) is 16.2 Å². The van der Waals surface area contributed by atoms with E-state index >= 15 is 0 Å². The summed E-state index contributed by atoms with van der Waals surface area (Å²) in [6.07, 6.45) is 13.6. The van der Waals surface area contributed by atoms with Crippen LogP contribution in [0.3, 0.4) is 0 Å². The monoisotopic (exact) mass is 415 g/mol. The fraction of sp³-hybridized carbons (Fsp3) is 0.889. The molecule has 2 aliphatic rings. The molecular weight excluding hydrogens is 377 g/mol. The van der Waals surface area contributed by atoms with Crippen molar-refractivity contribution in [2.24, 2.45) is 11.5 Å². The van der Waals surface area contributed by atoms with Gasteiger partial charge in [0, 0.05) is 6.04 Å². The van der Waals surface area contributed by atoms with Crippen LogP contribution >= 0.6 is 24.4 Å². The number of rotatable bonds is 4. The number of hydrogen-bond acceptors (Lipinski definition) is 5. The van der Waals surface area contributed by atoms with Crippen LogP contribution in [0.4, 0.5) is 0 Å². The van der Waals surface area contributed by atoms with Crippen LogP contribution in [0.25, 0.3) is 0 Å². The molecule has 0 aromatic rings. The van der Waals surface area contributed by atoms with Gasteiger partial charge in [-0.05, 0) is 76.4 Å². The molecule has 2 fully saturated rings.